The molecule has 0 saturated heterocycles. The molecule has 114 valence electrons. The van der Waals surface area contributed by atoms with Crippen molar-refractivity contribution in [3.8, 4) is 0 Å². The van der Waals surface area contributed by atoms with Crippen molar-refractivity contribution >= 4 is 0 Å². The van der Waals surface area contributed by atoms with E-state index in [1.165, 1.54) is 83.5 Å². The summed E-state index contributed by atoms with van der Waals surface area (Å²) in [4.78, 5) is 0. The summed E-state index contributed by atoms with van der Waals surface area (Å²) >= 11 is 0. The normalized spacial score (nSPS) is 11.5. The van der Waals surface area contributed by atoms with Gasteiger partial charge in [-0.05, 0) is 25.8 Å². The van der Waals surface area contributed by atoms with Crippen LogP contribution in [0.4, 0.5) is 0 Å². The highest BCUT2D eigenvalue weighted by atomic mass is 14.5. The van der Waals surface area contributed by atoms with Crippen molar-refractivity contribution in [2.45, 2.75) is 96.8 Å². The van der Waals surface area contributed by atoms with Gasteiger partial charge in [-0.3, -0.25) is 0 Å². The third kappa shape index (κ3) is 17.7. The second-order valence-electron chi connectivity index (χ2n) is 5.73. The molecule has 0 aliphatic heterocycles. The van der Waals surface area contributed by atoms with Crippen LogP contribution in [-0.4, -0.2) is 6.54 Å². The molecule has 0 amide bonds. The van der Waals surface area contributed by atoms with Crippen molar-refractivity contribution in [3.05, 3.63) is 12.2 Å². The van der Waals surface area contributed by atoms with Gasteiger partial charge < -0.3 is 5.73 Å². The number of rotatable bonds is 15. The van der Waals surface area contributed by atoms with Crippen LogP contribution in [0.25, 0.3) is 0 Å². The Kier molecular flexibility index (Phi) is 17.4. The SMILES string of the molecule is CCCCCCCCCCCCCCC=CCCN. The summed E-state index contributed by atoms with van der Waals surface area (Å²) in [6.07, 6.45) is 24.0. The molecule has 0 aliphatic carbocycles. The molecule has 0 spiro atoms. The van der Waals surface area contributed by atoms with Gasteiger partial charge in [0.15, 0.2) is 0 Å². The van der Waals surface area contributed by atoms with Crippen molar-refractivity contribution in [3.63, 3.8) is 0 Å². The van der Waals surface area contributed by atoms with Crippen molar-refractivity contribution < 1.29 is 0 Å². The van der Waals surface area contributed by atoms with E-state index in [0.717, 1.165) is 13.0 Å². The van der Waals surface area contributed by atoms with Crippen LogP contribution in [0.15, 0.2) is 12.2 Å². The van der Waals surface area contributed by atoms with E-state index in [0.29, 0.717) is 0 Å². The van der Waals surface area contributed by atoms with Gasteiger partial charge in [0.2, 0.25) is 0 Å². The molecule has 0 atom stereocenters. The molecule has 2 N–H and O–H groups in total. The molecule has 19 heavy (non-hydrogen) atoms. The van der Waals surface area contributed by atoms with Crippen LogP contribution < -0.4 is 5.73 Å². The molecule has 0 unspecified atom stereocenters. The number of allylic oxidation sites excluding steroid dienone is 1. The van der Waals surface area contributed by atoms with Crippen LogP contribution in [0, 0.1) is 0 Å². The maximum atomic E-state index is 5.43. The van der Waals surface area contributed by atoms with Gasteiger partial charge in [0.05, 0.1) is 0 Å². The molecule has 0 aromatic carbocycles. The van der Waals surface area contributed by atoms with Crippen molar-refractivity contribution in [1.82, 2.24) is 0 Å². The summed E-state index contributed by atoms with van der Waals surface area (Å²) in [6.45, 7) is 3.07. The number of unbranched alkanes of at least 4 members (excludes halogenated alkanes) is 12. The fraction of sp³-hybridized carbons (Fsp3) is 0.889. The molecule has 0 heterocycles. The molecule has 0 saturated carbocycles. The first-order valence-corrected chi connectivity index (χ1v) is 8.77. The quantitative estimate of drug-likeness (QED) is 0.286. The van der Waals surface area contributed by atoms with Gasteiger partial charge >= 0.3 is 0 Å². The minimum absolute atomic E-state index is 0.787. The van der Waals surface area contributed by atoms with Gasteiger partial charge in [0, 0.05) is 0 Å². The van der Waals surface area contributed by atoms with E-state index in [-0.39, 0.29) is 0 Å². The van der Waals surface area contributed by atoms with E-state index in [2.05, 4.69) is 19.1 Å². The molecule has 1 heteroatoms. The molecule has 1 nitrogen and oxygen atoms in total. The van der Waals surface area contributed by atoms with E-state index >= 15 is 0 Å². The van der Waals surface area contributed by atoms with Crippen molar-refractivity contribution in [2.24, 2.45) is 5.73 Å². The zero-order valence-electron chi connectivity index (χ0n) is 13.3. The Morgan fingerprint density at radius 1 is 0.579 bits per heavy atom. The van der Waals surface area contributed by atoms with Crippen LogP contribution in [0.2, 0.25) is 0 Å². The minimum atomic E-state index is 0.787. The molecule has 0 radical (unpaired) electrons. The van der Waals surface area contributed by atoms with Gasteiger partial charge in [-0.2, -0.15) is 0 Å². The van der Waals surface area contributed by atoms with Gasteiger partial charge in [-0.1, -0.05) is 89.7 Å². The summed E-state index contributed by atoms with van der Waals surface area (Å²) in [5.41, 5.74) is 5.43. The predicted octanol–water partition coefficient (Wildman–Crippen LogP) is 5.98. The highest BCUT2D eigenvalue weighted by Gasteiger charge is 1.92. The summed E-state index contributed by atoms with van der Waals surface area (Å²) in [5, 5.41) is 0. The Bertz CT molecular complexity index is 175. The lowest BCUT2D eigenvalue weighted by Crippen LogP contribution is -1.94. The van der Waals surface area contributed by atoms with E-state index in [1.54, 1.807) is 0 Å². The lowest BCUT2D eigenvalue weighted by molar-refractivity contribution is 0.545. The van der Waals surface area contributed by atoms with Crippen LogP contribution in [0.1, 0.15) is 96.8 Å². The summed E-state index contributed by atoms with van der Waals surface area (Å²) in [7, 11) is 0. The summed E-state index contributed by atoms with van der Waals surface area (Å²) in [5.74, 6) is 0. The van der Waals surface area contributed by atoms with Crippen LogP contribution in [-0.2, 0) is 0 Å². The standard InChI is InChI=1S/C18H37N/c1-2-3-4-5-6-7-8-9-10-11-12-13-14-15-16-17-18-19/h15-16H,2-14,17-19H2,1H3. The van der Waals surface area contributed by atoms with Crippen molar-refractivity contribution in [2.75, 3.05) is 6.54 Å². The lowest BCUT2D eigenvalue weighted by Gasteiger charge is -2.02. The highest BCUT2D eigenvalue weighted by molar-refractivity contribution is 4.81. The maximum absolute atomic E-state index is 5.43. The Morgan fingerprint density at radius 2 is 1.00 bits per heavy atom. The fourth-order valence-electron chi connectivity index (χ4n) is 2.44. The van der Waals surface area contributed by atoms with E-state index in [9.17, 15) is 0 Å². The Balaban J connectivity index is 2.95. The van der Waals surface area contributed by atoms with Crippen LogP contribution in [0.5, 0.6) is 0 Å². The zero-order chi connectivity index (χ0) is 14.0. The highest BCUT2D eigenvalue weighted by Crippen LogP contribution is 2.12. The summed E-state index contributed by atoms with van der Waals surface area (Å²) < 4.78 is 0. The van der Waals surface area contributed by atoms with E-state index in [1.807, 2.05) is 0 Å². The third-order valence-electron chi connectivity index (χ3n) is 3.72. The third-order valence-corrected chi connectivity index (χ3v) is 3.72. The number of hydrogen-bond donors (Lipinski definition) is 1. The minimum Gasteiger partial charge on any atom is -0.330 e. The number of nitrogens with two attached hydrogens (primary N) is 1. The predicted molar refractivity (Wildman–Crippen MR) is 88.5 cm³/mol. The molecular formula is C18H37N. The van der Waals surface area contributed by atoms with Gasteiger partial charge in [-0.25, -0.2) is 0 Å². The van der Waals surface area contributed by atoms with E-state index in [4.69, 9.17) is 5.73 Å². The molecular weight excluding hydrogens is 230 g/mol. The Labute approximate surface area is 122 Å². The first kappa shape index (κ1) is 18.7. The largest absolute Gasteiger partial charge is 0.330 e. The molecule has 0 bridgehead atoms. The Morgan fingerprint density at radius 3 is 1.47 bits per heavy atom. The molecule has 0 fully saturated rings. The van der Waals surface area contributed by atoms with Crippen LogP contribution in [0.3, 0.4) is 0 Å². The second kappa shape index (κ2) is 17.7. The topological polar surface area (TPSA) is 26.0 Å². The average Bonchev–Trinajstić information content (AvgIpc) is 2.43. The molecule has 0 aromatic heterocycles. The molecule has 0 rings (SSSR count). The maximum Gasteiger partial charge on any atom is -0.00426 e. The fourth-order valence-corrected chi connectivity index (χ4v) is 2.44. The molecule has 0 aromatic rings. The Hall–Kier alpha value is -0.300. The van der Waals surface area contributed by atoms with Gasteiger partial charge in [-0.15, -0.1) is 0 Å². The van der Waals surface area contributed by atoms with Crippen LogP contribution >= 0.6 is 0 Å². The second-order valence-corrected chi connectivity index (χ2v) is 5.73. The van der Waals surface area contributed by atoms with Crippen molar-refractivity contribution in [1.29, 1.82) is 0 Å². The van der Waals surface area contributed by atoms with E-state index < -0.39 is 0 Å². The van der Waals surface area contributed by atoms with Gasteiger partial charge in [0.25, 0.3) is 0 Å². The first-order valence-electron chi connectivity index (χ1n) is 8.77. The number of hydrogen-bond acceptors (Lipinski definition) is 1. The molecule has 0 aliphatic rings. The summed E-state index contributed by atoms with van der Waals surface area (Å²) in [6, 6.07) is 0. The smallest absolute Gasteiger partial charge is 0.00426 e. The zero-order valence-corrected chi connectivity index (χ0v) is 13.3. The lowest BCUT2D eigenvalue weighted by atomic mass is 10.0. The average molecular weight is 268 g/mol. The monoisotopic (exact) mass is 267 g/mol. The van der Waals surface area contributed by atoms with Gasteiger partial charge in [0.1, 0.15) is 0 Å². The first-order chi connectivity index (χ1) is 9.41.